The van der Waals surface area contributed by atoms with E-state index in [1.54, 1.807) is 35.4 Å². The van der Waals surface area contributed by atoms with Crippen LogP contribution in [0.1, 0.15) is 0 Å². The Hall–Kier alpha value is -3.10. The van der Waals surface area contributed by atoms with Crippen molar-refractivity contribution < 1.29 is 4.79 Å². The molecule has 2 aromatic heterocycles. The van der Waals surface area contributed by atoms with Crippen molar-refractivity contribution in [1.29, 1.82) is 0 Å². The molecule has 2 aromatic carbocycles. The Bertz CT molecular complexity index is 1080. The molecule has 0 radical (unpaired) electrons. The van der Waals surface area contributed by atoms with Crippen molar-refractivity contribution in [2.24, 2.45) is 0 Å². The fourth-order valence-corrected chi connectivity index (χ4v) is 3.42. The smallest absolute Gasteiger partial charge is 0.234 e. The lowest BCUT2D eigenvalue weighted by molar-refractivity contribution is -0.113. The summed E-state index contributed by atoms with van der Waals surface area (Å²) in [5.41, 5.74) is 3.20. The zero-order valence-electron chi connectivity index (χ0n) is 14.5. The lowest BCUT2D eigenvalue weighted by atomic mass is 10.2. The second-order valence-corrected chi connectivity index (χ2v) is 7.21. The highest BCUT2D eigenvalue weighted by molar-refractivity contribution is 7.99. The summed E-state index contributed by atoms with van der Waals surface area (Å²) in [7, 11) is 0. The standard InChI is InChI=1S/C19H15ClN6OS/c20-14-6-7-17(26-12-21-11-23-26)15(8-14)24-18(27)10-28-19-22-9-16(25-19)13-4-2-1-3-5-13/h1-9,11-12H,10H2,(H,22,25)(H,24,27). The highest BCUT2D eigenvalue weighted by atomic mass is 35.5. The number of aromatic amines is 1. The summed E-state index contributed by atoms with van der Waals surface area (Å²) in [4.78, 5) is 23.9. The molecule has 0 spiro atoms. The van der Waals surface area contributed by atoms with Gasteiger partial charge in [0.05, 0.1) is 29.0 Å². The van der Waals surface area contributed by atoms with Crippen molar-refractivity contribution >= 4 is 35.0 Å². The first-order chi connectivity index (χ1) is 13.7. The molecule has 9 heteroatoms. The SMILES string of the molecule is O=C(CSc1ncc(-c2ccccc2)[nH]1)Nc1cc(Cl)ccc1-n1cncn1. The van der Waals surface area contributed by atoms with Crippen molar-refractivity contribution in [3.8, 4) is 16.9 Å². The summed E-state index contributed by atoms with van der Waals surface area (Å²) in [6, 6.07) is 15.1. The van der Waals surface area contributed by atoms with Gasteiger partial charge < -0.3 is 10.3 Å². The van der Waals surface area contributed by atoms with E-state index in [0.29, 0.717) is 21.6 Å². The molecule has 28 heavy (non-hydrogen) atoms. The molecule has 0 saturated heterocycles. The number of nitrogens with one attached hydrogen (secondary N) is 2. The van der Waals surface area contributed by atoms with E-state index in [-0.39, 0.29) is 11.7 Å². The van der Waals surface area contributed by atoms with Crippen LogP contribution in [0.2, 0.25) is 5.02 Å². The van der Waals surface area contributed by atoms with Crippen LogP contribution in [0.5, 0.6) is 0 Å². The number of H-pyrrole nitrogens is 1. The topological polar surface area (TPSA) is 88.5 Å². The maximum Gasteiger partial charge on any atom is 0.234 e. The van der Waals surface area contributed by atoms with Crippen molar-refractivity contribution in [3.63, 3.8) is 0 Å². The van der Waals surface area contributed by atoms with Crippen LogP contribution in [0.15, 0.2) is 72.5 Å². The highest BCUT2D eigenvalue weighted by Crippen LogP contribution is 2.25. The average Bonchev–Trinajstić information content (AvgIpc) is 3.39. The predicted octanol–water partition coefficient (Wildman–Crippen LogP) is 4.04. The van der Waals surface area contributed by atoms with E-state index in [4.69, 9.17) is 11.6 Å². The van der Waals surface area contributed by atoms with Crippen LogP contribution in [0.25, 0.3) is 16.9 Å². The van der Waals surface area contributed by atoms with Crippen molar-refractivity contribution in [2.45, 2.75) is 5.16 Å². The summed E-state index contributed by atoms with van der Waals surface area (Å²) < 4.78 is 1.57. The summed E-state index contributed by atoms with van der Waals surface area (Å²) >= 11 is 7.40. The maximum atomic E-state index is 12.4. The summed E-state index contributed by atoms with van der Waals surface area (Å²) in [6.07, 6.45) is 4.74. The highest BCUT2D eigenvalue weighted by Gasteiger charge is 2.12. The number of nitrogens with zero attached hydrogens (tertiary/aromatic N) is 4. The van der Waals surface area contributed by atoms with Crippen molar-refractivity contribution in [1.82, 2.24) is 24.7 Å². The molecule has 140 valence electrons. The number of halogens is 1. The van der Waals surface area contributed by atoms with Crippen LogP contribution in [0.4, 0.5) is 5.69 Å². The third-order valence-corrected chi connectivity index (χ3v) is 5.00. The third-order valence-electron chi connectivity index (χ3n) is 3.88. The van der Waals surface area contributed by atoms with E-state index in [1.165, 1.54) is 18.1 Å². The Morgan fingerprint density at radius 3 is 2.86 bits per heavy atom. The summed E-state index contributed by atoms with van der Waals surface area (Å²) in [5, 5.41) is 8.17. The van der Waals surface area contributed by atoms with Gasteiger partial charge in [-0.25, -0.2) is 14.6 Å². The first-order valence-electron chi connectivity index (χ1n) is 8.37. The van der Waals surface area contributed by atoms with E-state index < -0.39 is 0 Å². The molecule has 0 saturated carbocycles. The van der Waals surface area contributed by atoms with Gasteiger partial charge in [0.25, 0.3) is 0 Å². The zero-order chi connectivity index (χ0) is 19.3. The third kappa shape index (κ3) is 4.24. The quantitative estimate of drug-likeness (QED) is 0.468. The first kappa shape index (κ1) is 18.3. The Morgan fingerprint density at radius 2 is 2.07 bits per heavy atom. The number of rotatable bonds is 6. The molecule has 4 aromatic rings. The van der Waals surface area contributed by atoms with Crippen LogP contribution in [-0.2, 0) is 4.79 Å². The molecular formula is C19H15ClN6OS. The van der Waals surface area contributed by atoms with Crippen LogP contribution in [-0.4, -0.2) is 36.4 Å². The molecule has 0 atom stereocenters. The average molecular weight is 411 g/mol. The lowest BCUT2D eigenvalue weighted by Gasteiger charge is -2.11. The normalized spacial score (nSPS) is 10.8. The van der Waals surface area contributed by atoms with E-state index in [2.05, 4.69) is 25.4 Å². The van der Waals surface area contributed by atoms with Gasteiger partial charge in [0.2, 0.25) is 5.91 Å². The number of hydrogen-bond donors (Lipinski definition) is 2. The van der Waals surface area contributed by atoms with Gasteiger partial charge in [-0.1, -0.05) is 53.7 Å². The largest absolute Gasteiger partial charge is 0.333 e. The maximum absolute atomic E-state index is 12.4. The number of benzene rings is 2. The second-order valence-electron chi connectivity index (χ2n) is 5.81. The lowest BCUT2D eigenvalue weighted by Crippen LogP contribution is -2.16. The van der Waals surface area contributed by atoms with Gasteiger partial charge in [0, 0.05) is 5.02 Å². The summed E-state index contributed by atoms with van der Waals surface area (Å²) in [6.45, 7) is 0. The van der Waals surface area contributed by atoms with Gasteiger partial charge in [-0.05, 0) is 23.8 Å². The van der Waals surface area contributed by atoms with Crippen LogP contribution >= 0.6 is 23.4 Å². The first-order valence-corrected chi connectivity index (χ1v) is 9.73. The molecule has 7 nitrogen and oxygen atoms in total. The van der Waals surface area contributed by atoms with Crippen LogP contribution in [0.3, 0.4) is 0 Å². The molecular weight excluding hydrogens is 396 g/mol. The van der Waals surface area contributed by atoms with E-state index in [9.17, 15) is 4.79 Å². The van der Waals surface area contributed by atoms with Gasteiger partial charge in [-0.2, -0.15) is 5.10 Å². The van der Waals surface area contributed by atoms with Crippen LogP contribution < -0.4 is 5.32 Å². The second kappa shape index (κ2) is 8.28. The minimum absolute atomic E-state index is 0.175. The van der Waals surface area contributed by atoms with Gasteiger partial charge >= 0.3 is 0 Å². The van der Waals surface area contributed by atoms with Gasteiger partial charge in [-0.15, -0.1) is 0 Å². The van der Waals surface area contributed by atoms with Gasteiger partial charge in [0.15, 0.2) is 5.16 Å². The minimum atomic E-state index is -0.175. The molecule has 0 aliphatic heterocycles. The number of aromatic nitrogens is 5. The molecule has 2 heterocycles. The Labute approximate surface area is 170 Å². The fourth-order valence-electron chi connectivity index (χ4n) is 2.60. The van der Waals surface area contributed by atoms with Crippen molar-refractivity contribution in [3.05, 3.63) is 72.4 Å². The Morgan fingerprint density at radius 1 is 1.21 bits per heavy atom. The van der Waals surface area contributed by atoms with Gasteiger partial charge in [-0.3, -0.25) is 4.79 Å². The number of carbonyl (C=O) groups excluding carboxylic acids is 1. The van der Waals surface area contributed by atoms with Crippen LogP contribution in [0, 0.1) is 0 Å². The predicted molar refractivity (Wildman–Crippen MR) is 110 cm³/mol. The molecule has 1 amide bonds. The van der Waals surface area contributed by atoms with E-state index >= 15 is 0 Å². The number of carbonyl (C=O) groups is 1. The Kier molecular flexibility index (Phi) is 5.41. The molecule has 0 fully saturated rings. The summed E-state index contributed by atoms with van der Waals surface area (Å²) in [5.74, 6) is 0.0247. The number of hydrogen-bond acceptors (Lipinski definition) is 5. The molecule has 4 rings (SSSR count). The molecule has 0 unspecified atom stereocenters. The monoisotopic (exact) mass is 410 g/mol. The fraction of sp³-hybridized carbons (Fsp3) is 0.0526. The molecule has 0 bridgehead atoms. The minimum Gasteiger partial charge on any atom is -0.333 e. The number of thioether (sulfide) groups is 1. The number of amides is 1. The molecule has 2 N–H and O–H groups in total. The van der Waals surface area contributed by atoms with Crippen molar-refractivity contribution in [2.75, 3.05) is 11.1 Å². The Balaban J connectivity index is 1.42. The molecule has 0 aliphatic carbocycles. The molecule has 0 aliphatic rings. The van der Waals surface area contributed by atoms with E-state index in [0.717, 1.165) is 11.3 Å². The van der Waals surface area contributed by atoms with Gasteiger partial charge in [0.1, 0.15) is 12.7 Å². The zero-order valence-corrected chi connectivity index (χ0v) is 16.1. The number of imidazole rings is 1. The number of anilines is 1. The van der Waals surface area contributed by atoms with E-state index in [1.807, 2.05) is 30.3 Å².